The first-order valence-corrected chi connectivity index (χ1v) is 6.21. The Morgan fingerprint density at radius 1 is 1.32 bits per heavy atom. The largest absolute Gasteiger partial charge is 0.477 e. The SMILES string of the molecule is C=C(C(=O)O)C(=O)OC(CCC)Cc1ccccc1. The highest BCUT2D eigenvalue weighted by atomic mass is 16.5. The van der Waals surface area contributed by atoms with E-state index in [2.05, 4.69) is 6.58 Å². The minimum absolute atomic E-state index is 0.323. The molecule has 1 N–H and O–H groups in total. The monoisotopic (exact) mass is 262 g/mol. The highest BCUT2D eigenvalue weighted by Gasteiger charge is 2.20. The molecule has 0 fully saturated rings. The molecule has 4 nitrogen and oxygen atoms in total. The molecule has 1 unspecified atom stereocenters. The molecule has 1 aromatic rings. The lowest BCUT2D eigenvalue weighted by Gasteiger charge is -2.17. The van der Waals surface area contributed by atoms with Crippen LogP contribution in [0.25, 0.3) is 0 Å². The van der Waals surface area contributed by atoms with Gasteiger partial charge in [0, 0.05) is 6.42 Å². The van der Waals surface area contributed by atoms with Gasteiger partial charge in [-0.3, -0.25) is 0 Å². The quantitative estimate of drug-likeness (QED) is 0.355. The van der Waals surface area contributed by atoms with Crippen molar-refractivity contribution in [2.45, 2.75) is 32.3 Å². The van der Waals surface area contributed by atoms with E-state index in [0.29, 0.717) is 12.8 Å². The zero-order valence-electron chi connectivity index (χ0n) is 11.0. The third-order valence-corrected chi connectivity index (χ3v) is 2.70. The van der Waals surface area contributed by atoms with Gasteiger partial charge in [-0.2, -0.15) is 0 Å². The second-order valence-electron chi connectivity index (χ2n) is 4.29. The van der Waals surface area contributed by atoms with Crippen molar-refractivity contribution < 1.29 is 19.4 Å². The number of carbonyl (C=O) groups excluding carboxylic acids is 1. The number of esters is 1. The van der Waals surface area contributed by atoms with E-state index in [1.807, 2.05) is 37.3 Å². The van der Waals surface area contributed by atoms with Crippen molar-refractivity contribution in [3.8, 4) is 0 Å². The summed E-state index contributed by atoms with van der Waals surface area (Å²) in [5, 5.41) is 8.68. The molecule has 0 saturated carbocycles. The van der Waals surface area contributed by atoms with Crippen LogP contribution < -0.4 is 0 Å². The molecule has 0 heterocycles. The third kappa shape index (κ3) is 4.95. The van der Waals surface area contributed by atoms with E-state index < -0.39 is 17.5 Å². The summed E-state index contributed by atoms with van der Waals surface area (Å²) in [6, 6.07) is 9.63. The standard InChI is InChI=1S/C15H18O4/c1-3-7-13(10-12-8-5-4-6-9-12)19-15(18)11(2)14(16)17/h4-6,8-9,13H,2-3,7,10H2,1H3,(H,16,17). The summed E-state index contributed by atoms with van der Waals surface area (Å²) in [5.41, 5.74) is 0.517. The van der Waals surface area contributed by atoms with Crippen LogP contribution in [0.5, 0.6) is 0 Å². The van der Waals surface area contributed by atoms with E-state index in [9.17, 15) is 9.59 Å². The predicted octanol–water partition coefficient (Wildman–Crippen LogP) is 2.58. The molecule has 0 aromatic heterocycles. The Morgan fingerprint density at radius 2 is 1.95 bits per heavy atom. The highest BCUT2D eigenvalue weighted by Crippen LogP contribution is 2.12. The fourth-order valence-electron chi connectivity index (χ4n) is 1.71. The normalized spacial score (nSPS) is 11.6. The van der Waals surface area contributed by atoms with Crippen LogP contribution in [0.1, 0.15) is 25.3 Å². The van der Waals surface area contributed by atoms with E-state index in [0.717, 1.165) is 12.0 Å². The molecule has 0 aliphatic heterocycles. The molecule has 0 amide bonds. The molecule has 102 valence electrons. The van der Waals surface area contributed by atoms with Gasteiger partial charge in [-0.15, -0.1) is 0 Å². The van der Waals surface area contributed by atoms with Crippen molar-refractivity contribution in [2.75, 3.05) is 0 Å². The molecule has 0 bridgehead atoms. The van der Waals surface area contributed by atoms with Crippen LogP contribution in [0.3, 0.4) is 0 Å². The van der Waals surface area contributed by atoms with Gasteiger partial charge in [-0.25, -0.2) is 9.59 Å². The van der Waals surface area contributed by atoms with Gasteiger partial charge in [0.2, 0.25) is 0 Å². The number of hydrogen-bond donors (Lipinski definition) is 1. The Balaban J connectivity index is 2.65. The van der Waals surface area contributed by atoms with E-state index >= 15 is 0 Å². The van der Waals surface area contributed by atoms with E-state index in [-0.39, 0.29) is 6.10 Å². The molecule has 0 radical (unpaired) electrons. The molecule has 1 rings (SSSR count). The van der Waals surface area contributed by atoms with Gasteiger partial charge in [-0.1, -0.05) is 50.3 Å². The summed E-state index contributed by atoms with van der Waals surface area (Å²) in [5.74, 6) is -2.21. The molecule has 4 heteroatoms. The number of ether oxygens (including phenoxy) is 1. The molecule has 0 aliphatic rings. The fraction of sp³-hybridized carbons (Fsp3) is 0.333. The minimum Gasteiger partial charge on any atom is -0.477 e. The van der Waals surface area contributed by atoms with E-state index in [4.69, 9.17) is 9.84 Å². The first-order chi connectivity index (χ1) is 9.04. The van der Waals surface area contributed by atoms with Crippen LogP contribution in [0.2, 0.25) is 0 Å². The third-order valence-electron chi connectivity index (χ3n) is 2.70. The Kier molecular flexibility index (Phi) is 5.79. The van der Waals surface area contributed by atoms with Gasteiger partial charge in [0.05, 0.1) is 0 Å². The lowest BCUT2D eigenvalue weighted by Crippen LogP contribution is -2.24. The number of carbonyl (C=O) groups is 2. The van der Waals surface area contributed by atoms with Crippen LogP contribution >= 0.6 is 0 Å². The maximum Gasteiger partial charge on any atom is 0.345 e. The summed E-state index contributed by atoms with van der Waals surface area (Å²) < 4.78 is 5.20. The van der Waals surface area contributed by atoms with E-state index in [1.54, 1.807) is 0 Å². The predicted molar refractivity (Wildman–Crippen MR) is 71.7 cm³/mol. The molecule has 19 heavy (non-hydrogen) atoms. The average molecular weight is 262 g/mol. The van der Waals surface area contributed by atoms with Crippen molar-refractivity contribution in [1.29, 1.82) is 0 Å². The Hall–Kier alpha value is -2.10. The van der Waals surface area contributed by atoms with Crippen molar-refractivity contribution in [2.24, 2.45) is 0 Å². The second kappa shape index (κ2) is 7.36. The summed E-state index contributed by atoms with van der Waals surface area (Å²) in [6.07, 6.45) is 1.79. The summed E-state index contributed by atoms with van der Waals surface area (Å²) >= 11 is 0. The van der Waals surface area contributed by atoms with Gasteiger partial charge in [-0.05, 0) is 12.0 Å². The first-order valence-electron chi connectivity index (χ1n) is 6.21. The van der Waals surface area contributed by atoms with Crippen LogP contribution in [0.15, 0.2) is 42.5 Å². The van der Waals surface area contributed by atoms with Gasteiger partial charge in [0.25, 0.3) is 0 Å². The number of hydrogen-bond acceptors (Lipinski definition) is 3. The molecule has 0 aliphatic carbocycles. The van der Waals surface area contributed by atoms with Crippen LogP contribution in [0.4, 0.5) is 0 Å². The van der Waals surface area contributed by atoms with Crippen LogP contribution in [-0.4, -0.2) is 23.1 Å². The number of carboxylic acid groups (broad SMARTS) is 1. The zero-order chi connectivity index (χ0) is 14.3. The average Bonchev–Trinajstić information content (AvgIpc) is 2.39. The van der Waals surface area contributed by atoms with Crippen molar-refractivity contribution in [3.05, 3.63) is 48.0 Å². The van der Waals surface area contributed by atoms with Gasteiger partial charge in [0.1, 0.15) is 11.7 Å². The van der Waals surface area contributed by atoms with Crippen LogP contribution in [-0.2, 0) is 20.7 Å². The molecule has 1 atom stereocenters. The topological polar surface area (TPSA) is 63.6 Å². The summed E-state index contributed by atoms with van der Waals surface area (Å²) in [4.78, 5) is 22.2. The van der Waals surface area contributed by atoms with Crippen molar-refractivity contribution in [1.82, 2.24) is 0 Å². The number of carboxylic acids is 1. The lowest BCUT2D eigenvalue weighted by molar-refractivity contribution is -0.148. The Morgan fingerprint density at radius 3 is 2.47 bits per heavy atom. The minimum atomic E-state index is -1.35. The number of aliphatic carboxylic acids is 1. The lowest BCUT2D eigenvalue weighted by atomic mass is 10.0. The second-order valence-corrected chi connectivity index (χ2v) is 4.29. The summed E-state index contributed by atoms with van der Waals surface area (Å²) in [6.45, 7) is 5.18. The van der Waals surface area contributed by atoms with E-state index in [1.165, 1.54) is 0 Å². The van der Waals surface area contributed by atoms with Crippen molar-refractivity contribution >= 4 is 11.9 Å². The Bertz CT molecular complexity index is 450. The number of benzene rings is 1. The number of rotatable bonds is 7. The molecular weight excluding hydrogens is 244 g/mol. The van der Waals surface area contributed by atoms with Crippen LogP contribution in [0, 0.1) is 0 Å². The van der Waals surface area contributed by atoms with Gasteiger partial charge >= 0.3 is 11.9 Å². The first kappa shape index (κ1) is 15.0. The summed E-state index contributed by atoms with van der Waals surface area (Å²) in [7, 11) is 0. The fourth-order valence-corrected chi connectivity index (χ4v) is 1.71. The van der Waals surface area contributed by atoms with Crippen molar-refractivity contribution in [3.63, 3.8) is 0 Å². The molecular formula is C15H18O4. The molecule has 0 saturated heterocycles. The Labute approximate surface area is 112 Å². The highest BCUT2D eigenvalue weighted by molar-refractivity contribution is 6.12. The molecule has 1 aromatic carbocycles. The zero-order valence-corrected chi connectivity index (χ0v) is 11.0. The maximum atomic E-state index is 11.6. The van der Waals surface area contributed by atoms with Gasteiger partial charge < -0.3 is 9.84 Å². The smallest absolute Gasteiger partial charge is 0.345 e. The molecule has 0 spiro atoms. The van der Waals surface area contributed by atoms with Gasteiger partial charge in [0.15, 0.2) is 0 Å². The maximum absolute atomic E-state index is 11.6.